The molecular weight excluding hydrogens is 266 g/mol. The lowest BCUT2D eigenvalue weighted by Gasteiger charge is -2.23. The third-order valence-corrected chi connectivity index (χ3v) is 3.52. The zero-order valence-electron chi connectivity index (χ0n) is 12.6. The Kier molecular flexibility index (Phi) is 5.38. The molecule has 112 valence electrons. The molecule has 4 nitrogen and oxygen atoms in total. The number of carbonyl (C=O) groups excluding carboxylic acids is 1. The van der Waals surface area contributed by atoms with Crippen molar-refractivity contribution in [2.24, 2.45) is 0 Å². The molecule has 1 unspecified atom stereocenters. The summed E-state index contributed by atoms with van der Waals surface area (Å²) in [6.45, 7) is 5.76. The standard InChI is InChI=1S/C17H21NO3/c1-13-6-7-15(5-3-9-19)11-16(13)17(20)18-8-4-10-21-14(2)12-18/h6-7,11,14,19H,4,8-10,12H2,1-2H3. The smallest absolute Gasteiger partial charge is 0.254 e. The molecule has 0 bridgehead atoms. The van der Waals surface area contributed by atoms with Gasteiger partial charge in [-0.1, -0.05) is 17.9 Å². The van der Waals surface area contributed by atoms with Crippen LogP contribution in [-0.2, 0) is 4.74 Å². The molecule has 1 fully saturated rings. The van der Waals surface area contributed by atoms with Gasteiger partial charge in [-0.25, -0.2) is 0 Å². The fraction of sp³-hybridized carbons (Fsp3) is 0.471. The molecule has 1 aromatic carbocycles. The molecule has 1 N–H and O–H groups in total. The third-order valence-electron chi connectivity index (χ3n) is 3.52. The van der Waals surface area contributed by atoms with Crippen molar-refractivity contribution in [3.8, 4) is 11.8 Å². The summed E-state index contributed by atoms with van der Waals surface area (Å²) in [5.41, 5.74) is 2.36. The monoisotopic (exact) mass is 287 g/mol. The minimum absolute atomic E-state index is 0.0255. The Morgan fingerprint density at radius 2 is 2.33 bits per heavy atom. The van der Waals surface area contributed by atoms with Crippen LogP contribution in [0.15, 0.2) is 18.2 Å². The summed E-state index contributed by atoms with van der Waals surface area (Å²) in [6.07, 6.45) is 0.924. The van der Waals surface area contributed by atoms with E-state index in [1.165, 1.54) is 0 Å². The van der Waals surface area contributed by atoms with E-state index in [2.05, 4.69) is 11.8 Å². The Labute approximate surface area is 125 Å². The number of nitrogens with zero attached hydrogens (tertiary/aromatic N) is 1. The summed E-state index contributed by atoms with van der Waals surface area (Å²) in [7, 11) is 0. The first-order valence-electron chi connectivity index (χ1n) is 7.23. The molecule has 0 spiro atoms. The second-order valence-corrected chi connectivity index (χ2v) is 5.28. The van der Waals surface area contributed by atoms with Crippen LogP contribution >= 0.6 is 0 Å². The van der Waals surface area contributed by atoms with E-state index < -0.39 is 0 Å². The number of amides is 1. The SMILES string of the molecule is Cc1ccc(C#CCO)cc1C(=O)N1CCCOC(C)C1. The van der Waals surface area contributed by atoms with Gasteiger partial charge in [-0.05, 0) is 38.0 Å². The van der Waals surface area contributed by atoms with Gasteiger partial charge < -0.3 is 14.7 Å². The molecule has 21 heavy (non-hydrogen) atoms. The number of hydrogen-bond acceptors (Lipinski definition) is 3. The fourth-order valence-corrected chi connectivity index (χ4v) is 2.42. The number of carbonyl (C=O) groups is 1. The number of benzene rings is 1. The highest BCUT2D eigenvalue weighted by molar-refractivity contribution is 5.96. The molecule has 1 atom stereocenters. The van der Waals surface area contributed by atoms with Crippen molar-refractivity contribution in [1.82, 2.24) is 4.90 Å². The number of aliphatic hydroxyl groups is 1. The topological polar surface area (TPSA) is 49.8 Å². The number of ether oxygens (including phenoxy) is 1. The molecule has 1 heterocycles. The van der Waals surface area contributed by atoms with E-state index >= 15 is 0 Å². The molecule has 0 saturated carbocycles. The van der Waals surface area contributed by atoms with Gasteiger partial charge in [0, 0.05) is 30.8 Å². The molecular formula is C17H21NO3. The summed E-state index contributed by atoms with van der Waals surface area (Å²) in [4.78, 5) is 14.6. The van der Waals surface area contributed by atoms with Gasteiger partial charge in [0.05, 0.1) is 6.10 Å². The zero-order valence-corrected chi connectivity index (χ0v) is 12.6. The molecule has 4 heteroatoms. The van der Waals surface area contributed by atoms with Crippen LogP contribution in [-0.4, -0.2) is 48.3 Å². The van der Waals surface area contributed by atoms with Crippen molar-refractivity contribution >= 4 is 5.91 Å². The van der Waals surface area contributed by atoms with Crippen molar-refractivity contribution in [3.05, 3.63) is 34.9 Å². The highest BCUT2D eigenvalue weighted by atomic mass is 16.5. The Balaban J connectivity index is 2.24. The van der Waals surface area contributed by atoms with Crippen molar-refractivity contribution < 1.29 is 14.6 Å². The fourth-order valence-electron chi connectivity index (χ4n) is 2.42. The zero-order chi connectivity index (χ0) is 15.2. The Morgan fingerprint density at radius 1 is 1.52 bits per heavy atom. The van der Waals surface area contributed by atoms with E-state index in [-0.39, 0.29) is 18.6 Å². The third kappa shape index (κ3) is 4.07. The van der Waals surface area contributed by atoms with Gasteiger partial charge >= 0.3 is 0 Å². The highest BCUT2D eigenvalue weighted by Crippen LogP contribution is 2.16. The maximum absolute atomic E-state index is 12.7. The van der Waals surface area contributed by atoms with Gasteiger partial charge in [0.1, 0.15) is 6.61 Å². The van der Waals surface area contributed by atoms with Crippen LogP contribution in [0.5, 0.6) is 0 Å². The molecule has 1 amide bonds. The lowest BCUT2D eigenvalue weighted by Crippen LogP contribution is -2.36. The van der Waals surface area contributed by atoms with E-state index in [0.29, 0.717) is 18.7 Å². The first kappa shape index (κ1) is 15.6. The lowest BCUT2D eigenvalue weighted by molar-refractivity contribution is 0.0562. The minimum atomic E-state index is -0.182. The van der Waals surface area contributed by atoms with E-state index in [0.717, 1.165) is 24.1 Å². The van der Waals surface area contributed by atoms with Gasteiger partial charge in [-0.2, -0.15) is 0 Å². The highest BCUT2D eigenvalue weighted by Gasteiger charge is 2.22. The first-order chi connectivity index (χ1) is 10.1. The largest absolute Gasteiger partial charge is 0.384 e. The van der Waals surface area contributed by atoms with Crippen LogP contribution in [0, 0.1) is 18.8 Å². The van der Waals surface area contributed by atoms with Crippen LogP contribution in [0.2, 0.25) is 0 Å². The van der Waals surface area contributed by atoms with Gasteiger partial charge in [-0.15, -0.1) is 0 Å². The molecule has 1 saturated heterocycles. The van der Waals surface area contributed by atoms with E-state index in [1.807, 2.05) is 30.9 Å². The average Bonchev–Trinajstić information content (AvgIpc) is 2.70. The molecule has 1 aliphatic rings. The Morgan fingerprint density at radius 3 is 3.10 bits per heavy atom. The molecule has 1 aromatic rings. The normalized spacial score (nSPS) is 18.6. The molecule has 0 radical (unpaired) electrons. The Bertz CT molecular complexity index is 571. The van der Waals surface area contributed by atoms with Gasteiger partial charge in [-0.3, -0.25) is 4.79 Å². The first-order valence-corrected chi connectivity index (χ1v) is 7.23. The predicted octanol–water partition coefficient (Wildman–Crippen LogP) is 1.59. The average molecular weight is 287 g/mol. The summed E-state index contributed by atoms with van der Waals surface area (Å²) < 4.78 is 5.58. The summed E-state index contributed by atoms with van der Waals surface area (Å²) in [6, 6.07) is 5.56. The predicted molar refractivity (Wildman–Crippen MR) is 81.1 cm³/mol. The van der Waals surface area contributed by atoms with Crippen LogP contribution in [0.25, 0.3) is 0 Å². The summed E-state index contributed by atoms with van der Waals surface area (Å²) in [5, 5.41) is 8.76. The maximum Gasteiger partial charge on any atom is 0.254 e. The quantitative estimate of drug-likeness (QED) is 0.798. The second kappa shape index (κ2) is 7.26. The molecule has 2 rings (SSSR count). The molecule has 0 aliphatic carbocycles. The second-order valence-electron chi connectivity index (χ2n) is 5.28. The van der Waals surface area contributed by atoms with Crippen LogP contribution < -0.4 is 0 Å². The van der Waals surface area contributed by atoms with Crippen LogP contribution in [0.1, 0.15) is 34.8 Å². The number of rotatable bonds is 1. The van der Waals surface area contributed by atoms with Gasteiger partial charge in [0.25, 0.3) is 5.91 Å². The van der Waals surface area contributed by atoms with Crippen molar-refractivity contribution in [2.45, 2.75) is 26.4 Å². The van der Waals surface area contributed by atoms with Crippen LogP contribution in [0.3, 0.4) is 0 Å². The van der Waals surface area contributed by atoms with E-state index in [9.17, 15) is 4.79 Å². The van der Waals surface area contributed by atoms with Crippen molar-refractivity contribution in [2.75, 3.05) is 26.3 Å². The number of hydrogen-bond donors (Lipinski definition) is 1. The molecule has 0 aromatic heterocycles. The number of aliphatic hydroxyl groups excluding tert-OH is 1. The van der Waals surface area contributed by atoms with Crippen molar-refractivity contribution in [3.63, 3.8) is 0 Å². The minimum Gasteiger partial charge on any atom is -0.384 e. The van der Waals surface area contributed by atoms with E-state index in [1.54, 1.807) is 6.07 Å². The van der Waals surface area contributed by atoms with Gasteiger partial charge in [0.2, 0.25) is 0 Å². The van der Waals surface area contributed by atoms with Crippen molar-refractivity contribution in [1.29, 1.82) is 0 Å². The Hall–Kier alpha value is -1.83. The number of aryl methyl sites for hydroxylation is 1. The van der Waals surface area contributed by atoms with E-state index in [4.69, 9.17) is 9.84 Å². The van der Waals surface area contributed by atoms with Gasteiger partial charge in [0.15, 0.2) is 0 Å². The summed E-state index contributed by atoms with van der Waals surface area (Å²) >= 11 is 0. The lowest BCUT2D eigenvalue weighted by atomic mass is 10.0. The summed E-state index contributed by atoms with van der Waals surface area (Å²) in [5.74, 6) is 5.48. The maximum atomic E-state index is 12.7. The molecule has 1 aliphatic heterocycles. The van der Waals surface area contributed by atoms with Crippen LogP contribution in [0.4, 0.5) is 0 Å².